The molecule has 1 aromatic rings. The Morgan fingerprint density at radius 3 is 2.61 bits per heavy atom. The summed E-state index contributed by atoms with van der Waals surface area (Å²) in [5.41, 5.74) is 0.831. The summed E-state index contributed by atoms with van der Waals surface area (Å²) in [6.45, 7) is 4.60. The van der Waals surface area contributed by atoms with Crippen LogP contribution in [0.3, 0.4) is 0 Å². The highest BCUT2D eigenvalue weighted by Gasteiger charge is 2.12. The van der Waals surface area contributed by atoms with Gasteiger partial charge in [-0.2, -0.15) is 0 Å². The van der Waals surface area contributed by atoms with Gasteiger partial charge in [0.15, 0.2) is 11.6 Å². The number of rotatable bonds is 9. The molecule has 0 N–H and O–H groups in total. The Kier molecular flexibility index (Phi) is 9.59. The van der Waals surface area contributed by atoms with Crippen LogP contribution in [0.15, 0.2) is 26.8 Å². The minimum atomic E-state index is -0.572. The van der Waals surface area contributed by atoms with Crippen molar-refractivity contribution >= 4 is 49.2 Å². The van der Waals surface area contributed by atoms with Crippen LogP contribution in [0.4, 0.5) is 4.39 Å². The molecule has 0 heterocycles. The third kappa shape index (κ3) is 8.58. The van der Waals surface area contributed by atoms with Crippen LogP contribution < -0.4 is 9.47 Å². The van der Waals surface area contributed by atoms with E-state index in [2.05, 4.69) is 37.0 Å². The summed E-state index contributed by atoms with van der Waals surface area (Å²) in [7, 11) is 0. The SMILES string of the molecule is CC(C)=NOCCCOc1c(F)cc(OCC=C(Br)Br)cc1Cl. The van der Waals surface area contributed by atoms with Crippen molar-refractivity contribution in [2.75, 3.05) is 19.8 Å². The maximum atomic E-state index is 14.0. The predicted octanol–water partition coefficient (Wildman–Crippen LogP) is 5.67. The van der Waals surface area contributed by atoms with E-state index in [0.29, 0.717) is 18.8 Å². The molecule has 0 bridgehead atoms. The van der Waals surface area contributed by atoms with Crippen molar-refractivity contribution in [1.82, 2.24) is 0 Å². The lowest BCUT2D eigenvalue weighted by Gasteiger charge is -2.11. The number of benzene rings is 1. The molecule has 128 valence electrons. The normalized spacial score (nSPS) is 10.0. The molecule has 8 heteroatoms. The standard InChI is InChI=1S/C15H17Br2ClFNO3/c1-10(2)20-23-6-3-5-22-15-12(18)8-11(9-13(15)19)21-7-4-14(16)17/h4,8-9H,3,5-7H2,1-2H3. The van der Waals surface area contributed by atoms with E-state index in [9.17, 15) is 4.39 Å². The van der Waals surface area contributed by atoms with Crippen molar-refractivity contribution in [3.63, 3.8) is 0 Å². The van der Waals surface area contributed by atoms with Crippen molar-refractivity contribution in [1.29, 1.82) is 0 Å². The molecule has 23 heavy (non-hydrogen) atoms. The summed E-state index contributed by atoms with van der Waals surface area (Å²) in [5.74, 6) is -0.238. The molecule has 0 aliphatic heterocycles. The molecule has 0 spiro atoms. The lowest BCUT2D eigenvalue weighted by atomic mass is 10.3. The molecule has 1 aromatic carbocycles. The number of hydrogen-bond acceptors (Lipinski definition) is 4. The highest BCUT2D eigenvalue weighted by molar-refractivity contribution is 9.28. The van der Waals surface area contributed by atoms with Gasteiger partial charge in [0.2, 0.25) is 0 Å². The third-order valence-corrected chi connectivity index (χ3v) is 3.26. The highest BCUT2D eigenvalue weighted by Crippen LogP contribution is 2.32. The van der Waals surface area contributed by atoms with Gasteiger partial charge in [-0.05, 0) is 51.8 Å². The van der Waals surface area contributed by atoms with Gasteiger partial charge in [0.1, 0.15) is 19.0 Å². The first kappa shape index (κ1) is 20.3. The molecular formula is C15H17Br2ClFNO3. The second-order valence-electron chi connectivity index (χ2n) is 4.59. The fourth-order valence-corrected chi connectivity index (χ4v) is 1.95. The zero-order chi connectivity index (χ0) is 17.2. The number of hydrogen-bond donors (Lipinski definition) is 0. The fourth-order valence-electron chi connectivity index (χ4n) is 1.43. The van der Waals surface area contributed by atoms with Crippen LogP contribution in [0, 0.1) is 5.82 Å². The Balaban J connectivity index is 2.50. The summed E-state index contributed by atoms with van der Waals surface area (Å²) < 4.78 is 25.5. The molecule has 0 saturated carbocycles. The van der Waals surface area contributed by atoms with Gasteiger partial charge in [-0.25, -0.2) is 4.39 Å². The van der Waals surface area contributed by atoms with E-state index in [4.69, 9.17) is 25.9 Å². The monoisotopic (exact) mass is 471 g/mol. The smallest absolute Gasteiger partial charge is 0.173 e. The van der Waals surface area contributed by atoms with Crippen LogP contribution in [-0.4, -0.2) is 25.5 Å². The zero-order valence-corrected chi connectivity index (χ0v) is 16.7. The van der Waals surface area contributed by atoms with E-state index < -0.39 is 5.82 Å². The Hall–Kier alpha value is -0.790. The number of oxime groups is 1. The van der Waals surface area contributed by atoms with E-state index in [1.54, 1.807) is 6.08 Å². The Bertz CT molecular complexity index is 551. The van der Waals surface area contributed by atoms with Gasteiger partial charge in [-0.3, -0.25) is 0 Å². The Labute approximate surface area is 156 Å². The molecule has 0 aliphatic carbocycles. The summed E-state index contributed by atoms with van der Waals surface area (Å²) in [6, 6.07) is 2.75. The second kappa shape index (κ2) is 10.9. The van der Waals surface area contributed by atoms with Crippen molar-refractivity contribution in [3.8, 4) is 11.5 Å². The van der Waals surface area contributed by atoms with Crippen LogP contribution >= 0.6 is 43.5 Å². The molecule has 0 radical (unpaired) electrons. The van der Waals surface area contributed by atoms with Gasteiger partial charge >= 0.3 is 0 Å². The molecule has 0 atom stereocenters. The Morgan fingerprint density at radius 1 is 1.26 bits per heavy atom. The number of nitrogens with zero attached hydrogens (tertiary/aromatic N) is 1. The van der Waals surface area contributed by atoms with E-state index >= 15 is 0 Å². The zero-order valence-electron chi connectivity index (χ0n) is 12.7. The summed E-state index contributed by atoms with van der Waals surface area (Å²) in [4.78, 5) is 5.02. The quantitative estimate of drug-likeness (QED) is 0.264. The summed E-state index contributed by atoms with van der Waals surface area (Å²) >= 11 is 12.4. The summed E-state index contributed by atoms with van der Waals surface area (Å²) in [6.07, 6.45) is 2.30. The topological polar surface area (TPSA) is 40.0 Å². The van der Waals surface area contributed by atoms with E-state index in [-0.39, 0.29) is 24.0 Å². The van der Waals surface area contributed by atoms with Gasteiger partial charge in [-0.1, -0.05) is 16.8 Å². The van der Waals surface area contributed by atoms with Crippen LogP contribution in [0.5, 0.6) is 11.5 Å². The maximum absolute atomic E-state index is 14.0. The number of ether oxygens (including phenoxy) is 2. The van der Waals surface area contributed by atoms with Crippen LogP contribution in [0.1, 0.15) is 20.3 Å². The molecule has 0 aromatic heterocycles. The maximum Gasteiger partial charge on any atom is 0.173 e. The van der Waals surface area contributed by atoms with E-state index in [1.807, 2.05) is 13.8 Å². The van der Waals surface area contributed by atoms with Gasteiger partial charge < -0.3 is 14.3 Å². The largest absolute Gasteiger partial charge is 0.489 e. The van der Waals surface area contributed by atoms with E-state index in [0.717, 1.165) is 9.10 Å². The van der Waals surface area contributed by atoms with Crippen molar-refractivity contribution in [2.24, 2.45) is 5.16 Å². The van der Waals surface area contributed by atoms with Crippen LogP contribution in [-0.2, 0) is 4.84 Å². The van der Waals surface area contributed by atoms with Crippen LogP contribution in [0.2, 0.25) is 5.02 Å². The van der Waals surface area contributed by atoms with Crippen molar-refractivity contribution in [2.45, 2.75) is 20.3 Å². The molecule has 0 aliphatic rings. The first-order valence-electron chi connectivity index (χ1n) is 6.79. The molecular weight excluding hydrogens is 456 g/mol. The lowest BCUT2D eigenvalue weighted by molar-refractivity contribution is 0.126. The average Bonchev–Trinajstić information content (AvgIpc) is 2.44. The lowest BCUT2D eigenvalue weighted by Crippen LogP contribution is -2.04. The van der Waals surface area contributed by atoms with Gasteiger partial charge in [0.05, 0.1) is 20.7 Å². The second-order valence-corrected chi connectivity index (χ2v) is 7.77. The molecule has 0 saturated heterocycles. The van der Waals surface area contributed by atoms with E-state index in [1.165, 1.54) is 12.1 Å². The van der Waals surface area contributed by atoms with Crippen molar-refractivity contribution < 1.29 is 18.7 Å². The first-order chi connectivity index (χ1) is 10.9. The summed E-state index contributed by atoms with van der Waals surface area (Å²) in [5, 5.41) is 3.95. The third-order valence-electron chi connectivity index (χ3n) is 2.33. The highest BCUT2D eigenvalue weighted by atomic mass is 79.9. The average molecular weight is 474 g/mol. The van der Waals surface area contributed by atoms with Gasteiger partial charge in [-0.15, -0.1) is 0 Å². The molecule has 0 fully saturated rings. The fraction of sp³-hybridized carbons (Fsp3) is 0.400. The predicted molar refractivity (Wildman–Crippen MR) is 97.7 cm³/mol. The molecule has 1 rings (SSSR count). The minimum absolute atomic E-state index is 0.00593. The van der Waals surface area contributed by atoms with Gasteiger partial charge in [0, 0.05) is 18.6 Å². The molecule has 4 nitrogen and oxygen atoms in total. The number of halogens is 4. The van der Waals surface area contributed by atoms with Gasteiger partial charge in [0.25, 0.3) is 0 Å². The Morgan fingerprint density at radius 2 is 2.00 bits per heavy atom. The minimum Gasteiger partial charge on any atom is -0.489 e. The molecule has 0 amide bonds. The first-order valence-corrected chi connectivity index (χ1v) is 8.75. The van der Waals surface area contributed by atoms with Crippen molar-refractivity contribution in [3.05, 3.63) is 32.4 Å². The van der Waals surface area contributed by atoms with Crippen LogP contribution in [0.25, 0.3) is 0 Å². The molecule has 0 unspecified atom stereocenters.